The molecule has 2 heterocycles. The molecule has 126 valence electrons. The zero-order chi connectivity index (χ0) is 16.2. The van der Waals surface area contributed by atoms with Crippen LogP contribution in [0.25, 0.3) is 0 Å². The van der Waals surface area contributed by atoms with Crippen LogP contribution in [0.5, 0.6) is 0 Å². The van der Waals surface area contributed by atoms with Crippen molar-refractivity contribution in [1.29, 1.82) is 0 Å². The first-order chi connectivity index (χ1) is 11.1. The van der Waals surface area contributed by atoms with E-state index in [1.165, 1.54) is 0 Å². The summed E-state index contributed by atoms with van der Waals surface area (Å²) in [6.07, 6.45) is 5.40. The number of urea groups is 1. The molecule has 2 N–H and O–H groups in total. The SMILES string of the molecule is CN(CC1CCCC1O)C(=O)NC1CCN(c2ccccn2)C1. The second-order valence-corrected chi connectivity index (χ2v) is 6.71. The number of aliphatic hydroxyl groups excluding tert-OH is 1. The fourth-order valence-electron chi connectivity index (χ4n) is 3.58. The third kappa shape index (κ3) is 3.93. The van der Waals surface area contributed by atoms with Gasteiger partial charge in [0, 0.05) is 44.8 Å². The maximum atomic E-state index is 12.3. The van der Waals surface area contributed by atoms with Crippen molar-refractivity contribution < 1.29 is 9.90 Å². The van der Waals surface area contributed by atoms with E-state index in [1.54, 1.807) is 11.1 Å². The van der Waals surface area contributed by atoms with Gasteiger partial charge in [-0.3, -0.25) is 0 Å². The third-order valence-corrected chi connectivity index (χ3v) is 4.96. The normalized spacial score (nSPS) is 27.2. The number of hydrogen-bond acceptors (Lipinski definition) is 4. The van der Waals surface area contributed by atoms with E-state index in [1.807, 2.05) is 25.2 Å². The molecule has 2 fully saturated rings. The number of pyridine rings is 1. The quantitative estimate of drug-likeness (QED) is 0.882. The molecule has 3 unspecified atom stereocenters. The molecule has 0 bridgehead atoms. The van der Waals surface area contributed by atoms with Crippen LogP contribution in [-0.2, 0) is 0 Å². The minimum atomic E-state index is -0.253. The number of amides is 2. The highest BCUT2D eigenvalue weighted by molar-refractivity contribution is 5.74. The molecule has 1 aliphatic heterocycles. The van der Waals surface area contributed by atoms with E-state index in [-0.39, 0.29) is 24.1 Å². The van der Waals surface area contributed by atoms with Gasteiger partial charge in [-0.1, -0.05) is 12.5 Å². The van der Waals surface area contributed by atoms with Crippen LogP contribution < -0.4 is 10.2 Å². The lowest BCUT2D eigenvalue weighted by Crippen LogP contribution is -2.46. The Morgan fingerprint density at radius 3 is 3.00 bits per heavy atom. The van der Waals surface area contributed by atoms with E-state index in [2.05, 4.69) is 15.2 Å². The van der Waals surface area contributed by atoms with Crippen molar-refractivity contribution in [3.05, 3.63) is 24.4 Å². The molecular weight excluding hydrogens is 292 g/mol. The van der Waals surface area contributed by atoms with Crippen molar-refractivity contribution in [2.45, 2.75) is 37.8 Å². The summed E-state index contributed by atoms with van der Waals surface area (Å²) in [7, 11) is 1.81. The average Bonchev–Trinajstić information content (AvgIpc) is 3.18. The number of aliphatic hydroxyl groups is 1. The van der Waals surface area contributed by atoms with E-state index in [0.29, 0.717) is 6.54 Å². The summed E-state index contributed by atoms with van der Waals surface area (Å²) in [5.74, 6) is 1.19. The predicted molar refractivity (Wildman–Crippen MR) is 89.4 cm³/mol. The molecule has 3 atom stereocenters. The monoisotopic (exact) mass is 318 g/mol. The van der Waals surface area contributed by atoms with Gasteiger partial charge >= 0.3 is 6.03 Å². The maximum absolute atomic E-state index is 12.3. The van der Waals surface area contributed by atoms with Gasteiger partial charge < -0.3 is 20.2 Å². The van der Waals surface area contributed by atoms with Crippen LogP contribution in [0.2, 0.25) is 0 Å². The highest BCUT2D eigenvalue weighted by Gasteiger charge is 2.29. The summed E-state index contributed by atoms with van der Waals surface area (Å²) in [5, 5.41) is 13.0. The summed E-state index contributed by atoms with van der Waals surface area (Å²) < 4.78 is 0. The Balaban J connectivity index is 1.47. The number of nitrogens with one attached hydrogen (secondary N) is 1. The molecule has 3 rings (SSSR count). The minimum absolute atomic E-state index is 0.0445. The lowest BCUT2D eigenvalue weighted by Gasteiger charge is -2.25. The zero-order valence-corrected chi connectivity index (χ0v) is 13.7. The third-order valence-electron chi connectivity index (χ3n) is 4.96. The summed E-state index contributed by atoms with van der Waals surface area (Å²) in [4.78, 5) is 20.6. The molecule has 6 heteroatoms. The molecule has 0 aromatic carbocycles. The van der Waals surface area contributed by atoms with E-state index >= 15 is 0 Å². The molecule has 2 aliphatic rings. The van der Waals surface area contributed by atoms with Gasteiger partial charge in [-0.25, -0.2) is 9.78 Å². The Hall–Kier alpha value is -1.82. The first-order valence-corrected chi connectivity index (χ1v) is 8.49. The molecule has 1 aromatic rings. The topological polar surface area (TPSA) is 68.7 Å². The van der Waals surface area contributed by atoms with Gasteiger partial charge in [0.1, 0.15) is 5.82 Å². The second-order valence-electron chi connectivity index (χ2n) is 6.71. The number of carbonyl (C=O) groups excluding carboxylic acids is 1. The molecule has 1 aliphatic carbocycles. The number of anilines is 1. The number of aromatic nitrogens is 1. The molecule has 2 amide bonds. The van der Waals surface area contributed by atoms with Gasteiger partial charge in [0.15, 0.2) is 0 Å². The van der Waals surface area contributed by atoms with Gasteiger partial charge in [-0.2, -0.15) is 0 Å². The first-order valence-electron chi connectivity index (χ1n) is 8.49. The zero-order valence-electron chi connectivity index (χ0n) is 13.7. The molecule has 1 aromatic heterocycles. The van der Waals surface area contributed by atoms with Crippen molar-refractivity contribution in [3.63, 3.8) is 0 Å². The standard InChI is InChI=1S/C17H26N4O2/c1-20(11-13-5-4-6-15(13)22)17(23)19-14-8-10-21(12-14)16-7-2-3-9-18-16/h2-3,7,9,13-15,22H,4-6,8,10-12H2,1H3,(H,19,23). The Morgan fingerprint density at radius 1 is 1.43 bits per heavy atom. The van der Waals surface area contributed by atoms with E-state index in [0.717, 1.165) is 44.6 Å². The Morgan fingerprint density at radius 2 is 2.30 bits per heavy atom. The van der Waals surface area contributed by atoms with E-state index in [4.69, 9.17) is 0 Å². The summed E-state index contributed by atoms with van der Waals surface area (Å²) in [5.41, 5.74) is 0. The summed E-state index contributed by atoms with van der Waals surface area (Å²) in [6.45, 7) is 2.33. The lowest BCUT2D eigenvalue weighted by molar-refractivity contribution is 0.113. The highest BCUT2D eigenvalue weighted by Crippen LogP contribution is 2.26. The number of carbonyl (C=O) groups is 1. The van der Waals surface area contributed by atoms with Crippen molar-refractivity contribution in [1.82, 2.24) is 15.2 Å². The minimum Gasteiger partial charge on any atom is -0.393 e. The number of rotatable bonds is 4. The van der Waals surface area contributed by atoms with Gasteiger partial charge in [-0.05, 0) is 31.4 Å². The molecule has 0 radical (unpaired) electrons. The van der Waals surface area contributed by atoms with Gasteiger partial charge in [-0.15, -0.1) is 0 Å². The smallest absolute Gasteiger partial charge is 0.317 e. The van der Waals surface area contributed by atoms with Crippen LogP contribution in [0.15, 0.2) is 24.4 Å². The van der Waals surface area contributed by atoms with Gasteiger partial charge in [0.25, 0.3) is 0 Å². The first kappa shape index (κ1) is 16.1. The molecule has 0 spiro atoms. The van der Waals surface area contributed by atoms with Crippen LogP contribution in [0.1, 0.15) is 25.7 Å². The second kappa shape index (κ2) is 7.17. The Labute approximate surface area is 137 Å². The Bertz CT molecular complexity index is 525. The van der Waals surface area contributed by atoms with Crippen molar-refractivity contribution in [2.75, 3.05) is 31.6 Å². The molecule has 1 saturated carbocycles. The van der Waals surface area contributed by atoms with Gasteiger partial charge in [0.2, 0.25) is 0 Å². The van der Waals surface area contributed by atoms with E-state index in [9.17, 15) is 9.90 Å². The van der Waals surface area contributed by atoms with E-state index < -0.39 is 0 Å². The predicted octanol–water partition coefficient (Wildman–Crippen LogP) is 1.46. The van der Waals surface area contributed by atoms with Crippen LogP contribution in [-0.4, -0.2) is 59.8 Å². The van der Waals surface area contributed by atoms with Gasteiger partial charge in [0.05, 0.1) is 6.10 Å². The van der Waals surface area contributed by atoms with Crippen molar-refractivity contribution >= 4 is 11.8 Å². The van der Waals surface area contributed by atoms with Crippen LogP contribution in [0, 0.1) is 5.92 Å². The van der Waals surface area contributed by atoms with Crippen molar-refractivity contribution in [2.24, 2.45) is 5.92 Å². The molecule has 1 saturated heterocycles. The average molecular weight is 318 g/mol. The fraction of sp³-hybridized carbons (Fsp3) is 0.647. The summed E-state index contributed by atoms with van der Waals surface area (Å²) in [6, 6.07) is 6.00. The fourth-order valence-corrected chi connectivity index (χ4v) is 3.58. The molecule has 6 nitrogen and oxygen atoms in total. The number of nitrogens with zero attached hydrogens (tertiary/aromatic N) is 3. The lowest BCUT2D eigenvalue weighted by atomic mass is 10.1. The van der Waals surface area contributed by atoms with Crippen LogP contribution in [0.3, 0.4) is 0 Å². The van der Waals surface area contributed by atoms with Crippen LogP contribution in [0.4, 0.5) is 10.6 Å². The molecule has 23 heavy (non-hydrogen) atoms. The highest BCUT2D eigenvalue weighted by atomic mass is 16.3. The Kier molecular flexibility index (Phi) is 5.00. The largest absolute Gasteiger partial charge is 0.393 e. The molecular formula is C17H26N4O2. The summed E-state index contributed by atoms with van der Waals surface area (Å²) >= 11 is 0. The maximum Gasteiger partial charge on any atom is 0.317 e. The van der Waals surface area contributed by atoms with Crippen molar-refractivity contribution in [3.8, 4) is 0 Å². The van der Waals surface area contributed by atoms with Crippen LogP contribution >= 0.6 is 0 Å². The number of hydrogen-bond donors (Lipinski definition) is 2.